The molecule has 2 aromatic rings. The standard InChI is InChI=1S/C15H17NO2/c1-10(15(17)18)12-4-5-14-13(8-12)6-7-16(14)9-11-2-3-11/h4-8,10-11H,2-3,9H2,1H3,(H,17,18). The molecule has 18 heavy (non-hydrogen) atoms. The van der Waals surface area contributed by atoms with E-state index in [2.05, 4.69) is 16.8 Å². The van der Waals surface area contributed by atoms with Gasteiger partial charge in [0.05, 0.1) is 5.92 Å². The van der Waals surface area contributed by atoms with Gasteiger partial charge in [0.2, 0.25) is 0 Å². The van der Waals surface area contributed by atoms with Crippen molar-refractivity contribution in [2.45, 2.75) is 32.2 Å². The summed E-state index contributed by atoms with van der Waals surface area (Å²) in [6.45, 7) is 2.82. The molecular formula is C15H17NO2. The lowest BCUT2D eigenvalue weighted by Gasteiger charge is -2.08. The summed E-state index contributed by atoms with van der Waals surface area (Å²) >= 11 is 0. The van der Waals surface area contributed by atoms with Crippen molar-refractivity contribution in [2.24, 2.45) is 5.92 Å². The SMILES string of the molecule is CC(C(=O)O)c1ccc2c(ccn2CC2CC2)c1. The maximum absolute atomic E-state index is 11.0. The molecular weight excluding hydrogens is 226 g/mol. The zero-order valence-electron chi connectivity index (χ0n) is 10.5. The van der Waals surface area contributed by atoms with Crippen molar-refractivity contribution in [2.75, 3.05) is 0 Å². The fraction of sp³-hybridized carbons (Fsp3) is 0.400. The van der Waals surface area contributed by atoms with Crippen LogP contribution in [0, 0.1) is 5.92 Å². The molecule has 3 heteroatoms. The molecule has 1 aliphatic rings. The summed E-state index contributed by atoms with van der Waals surface area (Å²) in [5.74, 6) is -0.369. The normalized spacial score (nSPS) is 16.9. The highest BCUT2D eigenvalue weighted by molar-refractivity contribution is 5.83. The first-order valence-corrected chi connectivity index (χ1v) is 6.47. The first kappa shape index (κ1) is 11.3. The van der Waals surface area contributed by atoms with Gasteiger partial charge in [-0.3, -0.25) is 4.79 Å². The molecule has 1 aromatic carbocycles. The third-order valence-electron chi connectivity index (χ3n) is 3.82. The summed E-state index contributed by atoms with van der Waals surface area (Å²) in [6, 6.07) is 8.06. The van der Waals surface area contributed by atoms with E-state index in [4.69, 9.17) is 5.11 Å². The average Bonchev–Trinajstić information content (AvgIpc) is 3.08. The molecule has 0 aliphatic heterocycles. The van der Waals surface area contributed by atoms with Crippen molar-refractivity contribution in [3.63, 3.8) is 0 Å². The topological polar surface area (TPSA) is 42.2 Å². The Balaban J connectivity index is 1.95. The zero-order chi connectivity index (χ0) is 12.7. The van der Waals surface area contributed by atoms with Gasteiger partial charge >= 0.3 is 5.97 Å². The fourth-order valence-electron chi connectivity index (χ4n) is 2.37. The van der Waals surface area contributed by atoms with Gasteiger partial charge in [-0.15, -0.1) is 0 Å². The molecule has 0 amide bonds. The average molecular weight is 243 g/mol. The van der Waals surface area contributed by atoms with E-state index in [9.17, 15) is 4.79 Å². The minimum Gasteiger partial charge on any atom is -0.481 e. The van der Waals surface area contributed by atoms with E-state index < -0.39 is 11.9 Å². The van der Waals surface area contributed by atoms with Crippen molar-refractivity contribution < 1.29 is 9.90 Å². The lowest BCUT2D eigenvalue weighted by molar-refractivity contribution is -0.138. The molecule has 1 aromatic heterocycles. The Morgan fingerprint density at radius 3 is 2.89 bits per heavy atom. The molecule has 1 N–H and O–H groups in total. The summed E-state index contributed by atoms with van der Waals surface area (Å²) < 4.78 is 2.28. The molecule has 3 nitrogen and oxygen atoms in total. The Kier molecular flexibility index (Phi) is 2.62. The zero-order valence-corrected chi connectivity index (χ0v) is 10.5. The molecule has 94 valence electrons. The molecule has 1 fully saturated rings. The molecule has 1 atom stereocenters. The van der Waals surface area contributed by atoms with Crippen LogP contribution >= 0.6 is 0 Å². The number of nitrogens with zero attached hydrogens (tertiary/aromatic N) is 1. The molecule has 3 rings (SSSR count). The summed E-state index contributed by atoms with van der Waals surface area (Å²) in [7, 11) is 0. The predicted molar refractivity (Wildman–Crippen MR) is 70.7 cm³/mol. The van der Waals surface area contributed by atoms with E-state index in [1.807, 2.05) is 18.2 Å². The van der Waals surface area contributed by atoms with Gasteiger partial charge in [0.1, 0.15) is 0 Å². The highest BCUT2D eigenvalue weighted by Gasteiger charge is 2.22. The number of hydrogen-bond acceptors (Lipinski definition) is 1. The number of hydrogen-bond donors (Lipinski definition) is 1. The van der Waals surface area contributed by atoms with Crippen LogP contribution in [-0.4, -0.2) is 15.6 Å². The van der Waals surface area contributed by atoms with E-state index >= 15 is 0 Å². The Hall–Kier alpha value is -1.77. The maximum atomic E-state index is 11.0. The molecule has 0 spiro atoms. The van der Waals surface area contributed by atoms with Crippen molar-refractivity contribution >= 4 is 16.9 Å². The highest BCUT2D eigenvalue weighted by Crippen LogP contribution is 2.32. The summed E-state index contributed by atoms with van der Waals surface area (Å²) in [4.78, 5) is 11.0. The first-order chi connectivity index (χ1) is 8.65. The molecule has 1 heterocycles. The summed E-state index contributed by atoms with van der Waals surface area (Å²) in [6.07, 6.45) is 4.79. The lowest BCUT2D eigenvalue weighted by atomic mass is 10.0. The number of fused-ring (bicyclic) bond motifs is 1. The van der Waals surface area contributed by atoms with Gasteiger partial charge in [0.15, 0.2) is 0 Å². The van der Waals surface area contributed by atoms with Crippen LogP contribution in [0.25, 0.3) is 10.9 Å². The number of rotatable bonds is 4. The summed E-state index contributed by atoms with van der Waals surface area (Å²) in [5, 5.41) is 10.2. The number of carboxylic acid groups (broad SMARTS) is 1. The fourth-order valence-corrected chi connectivity index (χ4v) is 2.37. The van der Waals surface area contributed by atoms with Gasteiger partial charge in [-0.05, 0) is 54.8 Å². The van der Waals surface area contributed by atoms with Crippen LogP contribution in [0.4, 0.5) is 0 Å². The highest BCUT2D eigenvalue weighted by atomic mass is 16.4. The molecule has 0 saturated heterocycles. The Morgan fingerprint density at radius 1 is 1.44 bits per heavy atom. The van der Waals surface area contributed by atoms with Crippen molar-refractivity contribution in [1.82, 2.24) is 4.57 Å². The maximum Gasteiger partial charge on any atom is 0.310 e. The number of aromatic nitrogens is 1. The van der Waals surface area contributed by atoms with Crippen molar-refractivity contribution in [1.29, 1.82) is 0 Å². The molecule has 0 bridgehead atoms. The lowest BCUT2D eigenvalue weighted by Crippen LogP contribution is -2.07. The first-order valence-electron chi connectivity index (χ1n) is 6.47. The van der Waals surface area contributed by atoms with Crippen molar-refractivity contribution in [3.8, 4) is 0 Å². The van der Waals surface area contributed by atoms with Gasteiger partial charge < -0.3 is 9.67 Å². The van der Waals surface area contributed by atoms with Gasteiger partial charge in [0, 0.05) is 18.3 Å². The largest absolute Gasteiger partial charge is 0.481 e. The van der Waals surface area contributed by atoms with Gasteiger partial charge in [-0.2, -0.15) is 0 Å². The third-order valence-corrected chi connectivity index (χ3v) is 3.82. The van der Waals surface area contributed by atoms with Crippen LogP contribution in [0.2, 0.25) is 0 Å². The quantitative estimate of drug-likeness (QED) is 0.895. The minimum atomic E-state index is -0.772. The van der Waals surface area contributed by atoms with E-state index in [0.717, 1.165) is 23.4 Å². The van der Waals surface area contributed by atoms with Crippen LogP contribution in [0.15, 0.2) is 30.5 Å². The molecule has 1 unspecified atom stereocenters. The van der Waals surface area contributed by atoms with Gasteiger partial charge in [-0.1, -0.05) is 6.07 Å². The molecule has 0 radical (unpaired) electrons. The second-order valence-electron chi connectivity index (χ2n) is 5.29. The second kappa shape index (κ2) is 4.16. The predicted octanol–water partition coefficient (Wildman–Crippen LogP) is 3.24. The Morgan fingerprint density at radius 2 is 2.22 bits per heavy atom. The molecule has 1 aliphatic carbocycles. The van der Waals surface area contributed by atoms with Crippen LogP contribution in [0.3, 0.4) is 0 Å². The smallest absolute Gasteiger partial charge is 0.310 e. The Labute approximate surface area is 106 Å². The number of aliphatic carboxylic acids is 1. The van der Waals surface area contributed by atoms with Crippen molar-refractivity contribution in [3.05, 3.63) is 36.0 Å². The van der Waals surface area contributed by atoms with E-state index in [-0.39, 0.29) is 0 Å². The van der Waals surface area contributed by atoms with Crippen LogP contribution in [0.5, 0.6) is 0 Å². The van der Waals surface area contributed by atoms with Crippen LogP contribution < -0.4 is 0 Å². The van der Waals surface area contributed by atoms with Crippen LogP contribution in [-0.2, 0) is 11.3 Å². The molecule has 1 saturated carbocycles. The Bertz CT molecular complexity index is 596. The van der Waals surface area contributed by atoms with E-state index in [1.165, 1.54) is 18.4 Å². The second-order valence-corrected chi connectivity index (χ2v) is 5.29. The minimum absolute atomic E-state index is 0.443. The number of carboxylic acids is 1. The van der Waals surface area contributed by atoms with Crippen LogP contribution in [0.1, 0.15) is 31.2 Å². The van der Waals surface area contributed by atoms with E-state index in [1.54, 1.807) is 6.92 Å². The van der Waals surface area contributed by atoms with Gasteiger partial charge in [0.25, 0.3) is 0 Å². The number of benzene rings is 1. The van der Waals surface area contributed by atoms with Gasteiger partial charge in [-0.25, -0.2) is 0 Å². The third kappa shape index (κ3) is 2.01. The van der Waals surface area contributed by atoms with E-state index in [0.29, 0.717) is 0 Å². The summed E-state index contributed by atoms with van der Waals surface area (Å²) in [5.41, 5.74) is 2.09. The monoisotopic (exact) mass is 243 g/mol. The number of carbonyl (C=O) groups is 1.